The van der Waals surface area contributed by atoms with Crippen LogP contribution in [0.3, 0.4) is 0 Å². The fraction of sp³-hybridized carbons (Fsp3) is 0.423. The highest BCUT2D eigenvalue weighted by Crippen LogP contribution is 2.38. The second-order valence-electron chi connectivity index (χ2n) is 9.18. The van der Waals surface area contributed by atoms with Crippen LogP contribution in [0.5, 0.6) is 11.5 Å². The Labute approximate surface area is 210 Å². The summed E-state index contributed by atoms with van der Waals surface area (Å²) >= 11 is 0. The van der Waals surface area contributed by atoms with Gasteiger partial charge in [-0.25, -0.2) is 4.39 Å². The number of piperazine rings is 1. The molecular formula is C26H33FN6O3. The molecule has 0 bridgehead atoms. The Morgan fingerprint density at radius 3 is 2.39 bits per heavy atom. The molecule has 0 radical (unpaired) electrons. The average molecular weight is 497 g/mol. The molecule has 192 valence electrons. The van der Waals surface area contributed by atoms with E-state index >= 15 is 4.39 Å². The van der Waals surface area contributed by atoms with E-state index in [-0.39, 0.29) is 34.6 Å². The zero-order valence-electron chi connectivity index (χ0n) is 21.1. The number of nitrogens with zero attached hydrogens (tertiary/aromatic N) is 5. The molecule has 3 N–H and O–H groups in total. The summed E-state index contributed by atoms with van der Waals surface area (Å²) in [6.07, 6.45) is 0. The van der Waals surface area contributed by atoms with Crippen LogP contribution in [0.1, 0.15) is 49.8 Å². The highest BCUT2D eigenvalue weighted by molar-refractivity contribution is 5.92. The molecule has 0 unspecified atom stereocenters. The zero-order valence-corrected chi connectivity index (χ0v) is 21.1. The fourth-order valence-corrected chi connectivity index (χ4v) is 4.52. The number of aromatic nitrogens is 3. The second-order valence-corrected chi connectivity index (χ2v) is 9.18. The molecule has 1 aromatic heterocycles. The Morgan fingerprint density at radius 1 is 1.06 bits per heavy atom. The Balaban J connectivity index is 1.81. The minimum Gasteiger partial charge on any atom is -0.508 e. The molecule has 1 fully saturated rings. The number of phenolic OH excluding ortho intramolecular Hbond substituents is 2. The van der Waals surface area contributed by atoms with Crippen molar-refractivity contribution in [3.8, 4) is 28.6 Å². The number of carbonyl (C=O) groups is 1. The smallest absolute Gasteiger partial charge is 0.289 e. The van der Waals surface area contributed by atoms with Crippen molar-refractivity contribution < 1.29 is 19.4 Å². The number of rotatable bonds is 7. The molecule has 4 rings (SSSR count). The lowest BCUT2D eigenvalue weighted by atomic mass is 9.98. The first-order valence-electron chi connectivity index (χ1n) is 12.3. The molecule has 0 aliphatic carbocycles. The number of carbonyl (C=O) groups excluding carboxylic acids is 1. The number of likely N-dealkylation sites (N-methyl/N-ethyl adjacent to an activating group) is 1. The second kappa shape index (κ2) is 10.5. The van der Waals surface area contributed by atoms with Crippen molar-refractivity contribution in [2.75, 3.05) is 44.2 Å². The molecule has 1 amide bonds. The summed E-state index contributed by atoms with van der Waals surface area (Å²) in [7, 11) is 0. The summed E-state index contributed by atoms with van der Waals surface area (Å²) < 4.78 is 16.9. The molecule has 2 heterocycles. The predicted octanol–water partition coefficient (Wildman–Crippen LogP) is 3.50. The van der Waals surface area contributed by atoms with Gasteiger partial charge in [0.1, 0.15) is 17.3 Å². The Hall–Kier alpha value is -3.66. The van der Waals surface area contributed by atoms with Crippen LogP contribution in [-0.2, 0) is 0 Å². The van der Waals surface area contributed by atoms with Crippen LogP contribution in [0.2, 0.25) is 0 Å². The number of halogens is 1. The number of hydrogen-bond acceptors (Lipinski definition) is 7. The van der Waals surface area contributed by atoms with Crippen LogP contribution in [0.25, 0.3) is 17.1 Å². The van der Waals surface area contributed by atoms with Gasteiger partial charge in [-0.3, -0.25) is 9.36 Å². The molecule has 2 aromatic carbocycles. The first-order chi connectivity index (χ1) is 17.2. The Bertz CT molecular complexity index is 1250. The molecule has 36 heavy (non-hydrogen) atoms. The minimum atomic E-state index is -0.473. The molecule has 0 saturated carbocycles. The predicted molar refractivity (Wildman–Crippen MR) is 137 cm³/mol. The summed E-state index contributed by atoms with van der Waals surface area (Å²) in [6, 6.07) is 7.65. The van der Waals surface area contributed by atoms with Crippen LogP contribution in [0, 0.1) is 5.82 Å². The third-order valence-electron chi connectivity index (χ3n) is 6.56. The molecular weight excluding hydrogens is 463 g/mol. The average Bonchev–Trinajstić information content (AvgIpc) is 3.29. The lowest BCUT2D eigenvalue weighted by Gasteiger charge is -2.35. The van der Waals surface area contributed by atoms with Gasteiger partial charge in [-0.15, -0.1) is 10.2 Å². The van der Waals surface area contributed by atoms with Gasteiger partial charge < -0.3 is 25.3 Å². The van der Waals surface area contributed by atoms with Crippen molar-refractivity contribution in [1.82, 2.24) is 25.0 Å². The van der Waals surface area contributed by atoms with Crippen molar-refractivity contribution >= 4 is 11.6 Å². The molecule has 1 aliphatic heterocycles. The van der Waals surface area contributed by atoms with E-state index in [4.69, 9.17) is 0 Å². The van der Waals surface area contributed by atoms with Gasteiger partial charge in [0.05, 0.1) is 16.9 Å². The monoisotopic (exact) mass is 496 g/mol. The lowest BCUT2D eigenvalue weighted by Crippen LogP contribution is -2.46. The number of hydrogen-bond donors (Lipinski definition) is 3. The maximum atomic E-state index is 15.4. The SMILES string of the molecule is CCNC(=O)c1nnc(-c2cc(C(C)C)c(O)cc2O)n1-c1ccc(N2CCN(CC)CC2)c(F)c1. The van der Waals surface area contributed by atoms with Crippen molar-refractivity contribution in [3.05, 3.63) is 47.5 Å². The number of phenols is 2. The molecule has 1 saturated heterocycles. The standard InChI is InChI=1S/C26H33FN6O3/c1-5-28-26(36)25-30-29-24(19-14-18(16(3)4)22(34)15-23(19)35)33(25)17-7-8-21(20(27)13-17)32-11-9-31(6-2)10-12-32/h7-8,13-16,34-35H,5-6,9-12H2,1-4H3,(H,28,36). The van der Waals surface area contributed by atoms with Crippen LogP contribution in [0.4, 0.5) is 10.1 Å². The third-order valence-corrected chi connectivity index (χ3v) is 6.56. The van der Waals surface area contributed by atoms with Gasteiger partial charge in [0.15, 0.2) is 5.82 Å². The summed E-state index contributed by atoms with van der Waals surface area (Å²) in [5.74, 6) is -1.06. The van der Waals surface area contributed by atoms with Crippen molar-refractivity contribution in [1.29, 1.82) is 0 Å². The van der Waals surface area contributed by atoms with Crippen LogP contribution < -0.4 is 10.2 Å². The first-order valence-corrected chi connectivity index (χ1v) is 12.3. The van der Waals surface area contributed by atoms with Gasteiger partial charge in [0.25, 0.3) is 5.91 Å². The number of benzene rings is 2. The van der Waals surface area contributed by atoms with Gasteiger partial charge in [-0.2, -0.15) is 0 Å². The van der Waals surface area contributed by atoms with Crippen molar-refractivity contribution in [2.45, 2.75) is 33.6 Å². The number of aromatic hydroxyl groups is 2. The van der Waals surface area contributed by atoms with E-state index in [2.05, 4.69) is 27.3 Å². The molecule has 1 aliphatic rings. The van der Waals surface area contributed by atoms with E-state index in [0.717, 1.165) is 32.7 Å². The molecule has 9 nitrogen and oxygen atoms in total. The maximum Gasteiger partial charge on any atom is 0.289 e. The van der Waals surface area contributed by atoms with Gasteiger partial charge >= 0.3 is 0 Å². The Kier molecular flexibility index (Phi) is 7.44. The number of anilines is 1. The van der Waals surface area contributed by atoms with E-state index in [1.807, 2.05) is 18.7 Å². The topological polar surface area (TPSA) is 107 Å². The summed E-state index contributed by atoms with van der Waals surface area (Å²) in [4.78, 5) is 17.1. The first kappa shape index (κ1) is 25.4. The highest BCUT2D eigenvalue weighted by Gasteiger charge is 2.26. The molecule has 3 aromatic rings. The minimum absolute atomic E-state index is 0.0332. The summed E-state index contributed by atoms with van der Waals surface area (Å²) in [6.45, 7) is 12.3. The van der Waals surface area contributed by atoms with Crippen molar-refractivity contribution in [2.24, 2.45) is 0 Å². The van der Waals surface area contributed by atoms with E-state index in [0.29, 0.717) is 23.5 Å². The van der Waals surface area contributed by atoms with Crippen LogP contribution in [0.15, 0.2) is 30.3 Å². The molecule has 0 atom stereocenters. The lowest BCUT2D eigenvalue weighted by molar-refractivity contribution is 0.0943. The largest absolute Gasteiger partial charge is 0.508 e. The number of amides is 1. The van der Waals surface area contributed by atoms with E-state index in [9.17, 15) is 15.0 Å². The summed E-state index contributed by atoms with van der Waals surface area (Å²) in [5.41, 5.74) is 1.73. The molecule has 10 heteroatoms. The van der Waals surface area contributed by atoms with E-state index < -0.39 is 11.7 Å². The maximum absolute atomic E-state index is 15.4. The van der Waals surface area contributed by atoms with E-state index in [1.54, 1.807) is 25.1 Å². The quantitative estimate of drug-likeness (QED) is 0.460. The van der Waals surface area contributed by atoms with E-state index in [1.165, 1.54) is 16.7 Å². The van der Waals surface area contributed by atoms with Gasteiger partial charge in [0, 0.05) is 44.9 Å². The van der Waals surface area contributed by atoms with Crippen LogP contribution >= 0.6 is 0 Å². The third kappa shape index (κ3) is 4.86. The summed E-state index contributed by atoms with van der Waals surface area (Å²) in [5, 5.41) is 31.9. The van der Waals surface area contributed by atoms with Crippen molar-refractivity contribution in [3.63, 3.8) is 0 Å². The molecule has 0 spiro atoms. The van der Waals surface area contributed by atoms with Gasteiger partial charge in [-0.1, -0.05) is 20.8 Å². The van der Waals surface area contributed by atoms with Gasteiger partial charge in [-0.05, 0) is 43.1 Å². The number of nitrogens with one attached hydrogen (secondary N) is 1. The fourth-order valence-electron chi connectivity index (χ4n) is 4.52. The van der Waals surface area contributed by atoms with Gasteiger partial charge in [0.2, 0.25) is 5.82 Å². The van der Waals surface area contributed by atoms with Crippen LogP contribution in [-0.4, -0.2) is 75.1 Å². The Morgan fingerprint density at radius 2 is 1.78 bits per heavy atom. The highest BCUT2D eigenvalue weighted by atomic mass is 19.1. The normalized spacial score (nSPS) is 14.4. The zero-order chi connectivity index (χ0) is 26.0.